The van der Waals surface area contributed by atoms with E-state index in [1.165, 1.54) is 4.68 Å². The van der Waals surface area contributed by atoms with Gasteiger partial charge in [-0.1, -0.05) is 13.8 Å². The third-order valence-corrected chi connectivity index (χ3v) is 2.23. The zero-order valence-electron chi connectivity index (χ0n) is 9.32. The first-order valence-corrected chi connectivity index (χ1v) is 5.08. The Kier molecular flexibility index (Phi) is 3.62. The van der Waals surface area contributed by atoms with E-state index in [9.17, 15) is 4.79 Å². The van der Waals surface area contributed by atoms with E-state index in [-0.39, 0.29) is 17.9 Å². The molecular weight excluding hydrogens is 190 g/mol. The molecule has 1 aromatic heterocycles. The summed E-state index contributed by atoms with van der Waals surface area (Å²) in [7, 11) is 0. The quantitative estimate of drug-likeness (QED) is 0.750. The molecule has 15 heavy (non-hydrogen) atoms. The summed E-state index contributed by atoms with van der Waals surface area (Å²) in [5, 5.41) is 12.8. The lowest BCUT2D eigenvalue weighted by Crippen LogP contribution is -2.26. The highest BCUT2D eigenvalue weighted by atomic mass is 16.1. The van der Waals surface area contributed by atoms with Gasteiger partial charge in [0.15, 0.2) is 0 Å². The molecule has 0 saturated heterocycles. The third-order valence-electron chi connectivity index (χ3n) is 2.23. The molecule has 0 atom stereocenters. The molecule has 0 amide bonds. The maximum Gasteiger partial charge on any atom is 0.271 e. The Labute approximate surface area is 89.2 Å². The molecule has 0 aromatic carbocycles. The zero-order valence-corrected chi connectivity index (χ0v) is 9.32. The van der Waals surface area contributed by atoms with E-state index >= 15 is 0 Å². The second-order valence-electron chi connectivity index (χ2n) is 3.70. The predicted molar refractivity (Wildman–Crippen MR) is 57.6 cm³/mol. The normalized spacial score (nSPS) is 10.3. The molecule has 4 heteroatoms. The van der Waals surface area contributed by atoms with Gasteiger partial charge in [0.05, 0.1) is 18.2 Å². The van der Waals surface area contributed by atoms with Gasteiger partial charge in [-0.15, -0.1) is 0 Å². The van der Waals surface area contributed by atoms with Crippen LogP contribution in [0.1, 0.15) is 37.9 Å². The average molecular weight is 205 g/mol. The molecule has 0 saturated carbocycles. The summed E-state index contributed by atoms with van der Waals surface area (Å²) >= 11 is 0. The lowest BCUT2D eigenvalue weighted by atomic mass is 10.1. The van der Waals surface area contributed by atoms with Crippen LogP contribution in [-0.2, 0) is 13.0 Å². The van der Waals surface area contributed by atoms with Crippen LogP contribution in [-0.4, -0.2) is 9.78 Å². The fraction of sp³-hybridized carbons (Fsp3) is 0.545. The monoisotopic (exact) mass is 205 g/mol. The Morgan fingerprint density at radius 1 is 1.60 bits per heavy atom. The predicted octanol–water partition coefficient (Wildman–Crippen LogP) is 1.45. The van der Waals surface area contributed by atoms with Gasteiger partial charge in [-0.05, 0) is 18.9 Å². The van der Waals surface area contributed by atoms with Crippen LogP contribution < -0.4 is 5.56 Å². The molecule has 0 N–H and O–H groups in total. The Balaban J connectivity index is 3.33. The van der Waals surface area contributed by atoms with Gasteiger partial charge in [-0.25, -0.2) is 4.68 Å². The van der Waals surface area contributed by atoms with E-state index < -0.39 is 0 Å². The first-order valence-electron chi connectivity index (χ1n) is 5.08. The van der Waals surface area contributed by atoms with Crippen LogP contribution in [0.2, 0.25) is 0 Å². The van der Waals surface area contributed by atoms with Crippen LogP contribution in [0.3, 0.4) is 0 Å². The summed E-state index contributed by atoms with van der Waals surface area (Å²) < 4.78 is 1.42. The lowest BCUT2D eigenvalue weighted by Gasteiger charge is -2.09. The highest BCUT2D eigenvalue weighted by molar-refractivity contribution is 5.18. The standard InChI is InChI=1S/C11H15N3O/c1-4-14-11(15)9(5-6-12)7-10(13-14)8(2)3/h7-8H,4-5H2,1-3H3. The number of rotatable bonds is 3. The van der Waals surface area contributed by atoms with Crippen molar-refractivity contribution in [2.45, 2.75) is 39.7 Å². The SMILES string of the molecule is CCn1nc(C(C)C)cc(CC#N)c1=O. The van der Waals surface area contributed by atoms with Crippen molar-refractivity contribution in [2.24, 2.45) is 0 Å². The molecule has 0 aliphatic rings. The van der Waals surface area contributed by atoms with Crippen LogP contribution in [0.4, 0.5) is 0 Å². The van der Waals surface area contributed by atoms with E-state index in [1.54, 1.807) is 6.07 Å². The van der Waals surface area contributed by atoms with E-state index in [4.69, 9.17) is 5.26 Å². The number of aryl methyl sites for hydroxylation is 1. The van der Waals surface area contributed by atoms with Gasteiger partial charge in [0.25, 0.3) is 5.56 Å². The van der Waals surface area contributed by atoms with Crippen molar-refractivity contribution in [3.05, 3.63) is 27.7 Å². The van der Waals surface area contributed by atoms with Crippen molar-refractivity contribution in [3.63, 3.8) is 0 Å². The minimum absolute atomic E-state index is 0.150. The molecule has 0 bridgehead atoms. The minimum atomic E-state index is -0.150. The van der Waals surface area contributed by atoms with Crippen molar-refractivity contribution >= 4 is 0 Å². The van der Waals surface area contributed by atoms with Crippen molar-refractivity contribution in [1.82, 2.24) is 9.78 Å². The van der Waals surface area contributed by atoms with Crippen molar-refractivity contribution in [2.75, 3.05) is 0 Å². The van der Waals surface area contributed by atoms with Gasteiger partial charge in [0.2, 0.25) is 0 Å². The van der Waals surface area contributed by atoms with Crippen LogP contribution in [0.15, 0.2) is 10.9 Å². The molecule has 4 nitrogen and oxygen atoms in total. The van der Waals surface area contributed by atoms with Gasteiger partial charge in [-0.2, -0.15) is 10.4 Å². The van der Waals surface area contributed by atoms with Crippen LogP contribution >= 0.6 is 0 Å². The topological polar surface area (TPSA) is 58.7 Å². The molecule has 0 radical (unpaired) electrons. The smallest absolute Gasteiger partial charge is 0.267 e. The number of hydrogen-bond donors (Lipinski definition) is 0. The lowest BCUT2D eigenvalue weighted by molar-refractivity contribution is 0.579. The summed E-state index contributed by atoms with van der Waals surface area (Å²) in [5.74, 6) is 0.265. The second-order valence-corrected chi connectivity index (χ2v) is 3.70. The Hall–Kier alpha value is -1.63. The maximum atomic E-state index is 11.7. The molecule has 0 unspecified atom stereocenters. The van der Waals surface area contributed by atoms with Crippen molar-refractivity contribution < 1.29 is 0 Å². The average Bonchev–Trinajstić information content (AvgIpc) is 2.21. The third kappa shape index (κ3) is 2.44. The first kappa shape index (κ1) is 11.4. The number of hydrogen-bond acceptors (Lipinski definition) is 3. The van der Waals surface area contributed by atoms with Gasteiger partial charge in [-0.3, -0.25) is 4.79 Å². The Bertz CT molecular complexity index is 440. The van der Waals surface area contributed by atoms with Gasteiger partial charge >= 0.3 is 0 Å². The van der Waals surface area contributed by atoms with Crippen molar-refractivity contribution in [3.8, 4) is 6.07 Å². The van der Waals surface area contributed by atoms with E-state index in [0.29, 0.717) is 12.1 Å². The fourth-order valence-corrected chi connectivity index (χ4v) is 1.33. The summed E-state index contributed by atoms with van der Waals surface area (Å²) in [6, 6.07) is 3.74. The van der Waals surface area contributed by atoms with Crippen LogP contribution in [0.5, 0.6) is 0 Å². The Morgan fingerprint density at radius 3 is 2.73 bits per heavy atom. The number of aromatic nitrogens is 2. The zero-order chi connectivity index (χ0) is 11.4. The van der Waals surface area contributed by atoms with Gasteiger partial charge < -0.3 is 0 Å². The molecule has 80 valence electrons. The molecule has 1 heterocycles. The highest BCUT2D eigenvalue weighted by Gasteiger charge is 2.09. The molecule has 1 rings (SSSR count). The molecule has 0 aliphatic heterocycles. The van der Waals surface area contributed by atoms with E-state index in [0.717, 1.165) is 5.69 Å². The fourth-order valence-electron chi connectivity index (χ4n) is 1.33. The maximum absolute atomic E-state index is 11.7. The first-order chi connectivity index (χ1) is 7.10. The molecule has 0 aliphatic carbocycles. The summed E-state index contributed by atoms with van der Waals surface area (Å²) in [6.45, 7) is 6.44. The summed E-state index contributed by atoms with van der Waals surface area (Å²) in [5.41, 5.74) is 1.25. The molecule has 0 spiro atoms. The molecule has 1 aromatic rings. The second kappa shape index (κ2) is 4.74. The van der Waals surface area contributed by atoms with Crippen molar-refractivity contribution in [1.29, 1.82) is 5.26 Å². The summed E-state index contributed by atoms with van der Waals surface area (Å²) in [6.07, 6.45) is 0.154. The van der Waals surface area contributed by atoms with E-state index in [1.807, 2.05) is 26.8 Å². The molecular formula is C11H15N3O. The minimum Gasteiger partial charge on any atom is -0.267 e. The summed E-state index contributed by atoms with van der Waals surface area (Å²) in [4.78, 5) is 11.7. The van der Waals surface area contributed by atoms with Gasteiger partial charge in [0.1, 0.15) is 0 Å². The largest absolute Gasteiger partial charge is 0.271 e. The number of nitrogens with zero attached hydrogens (tertiary/aromatic N) is 3. The van der Waals surface area contributed by atoms with Crippen LogP contribution in [0.25, 0.3) is 0 Å². The van der Waals surface area contributed by atoms with Crippen LogP contribution in [0, 0.1) is 11.3 Å². The number of nitriles is 1. The Morgan fingerprint density at radius 2 is 2.27 bits per heavy atom. The van der Waals surface area contributed by atoms with E-state index in [2.05, 4.69) is 5.10 Å². The molecule has 0 fully saturated rings. The highest BCUT2D eigenvalue weighted by Crippen LogP contribution is 2.10. The van der Waals surface area contributed by atoms with Gasteiger partial charge in [0, 0.05) is 12.1 Å².